The number of aryl methyl sites for hydroxylation is 1. The summed E-state index contributed by atoms with van der Waals surface area (Å²) < 4.78 is 1.87. The normalized spacial score (nSPS) is 11.0. The molecule has 0 saturated heterocycles. The van der Waals surface area contributed by atoms with E-state index in [1.165, 1.54) is 0 Å². The maximum Gasteiger partial charge on any atom is 0.232 e. The van der Waals surface area contributed by atoms with Crippen LogP contribution < -0.4 is 11.1 Å². The van der Waals surface area contributed by atoms with Gasteiger partial charge in [-0.15, -0.1) is 0 Å². The van der Waals surface area contributed by atoms with Gasteiger partial charge in [-0.2, -0.15) is 20.1 Å². The van der Waals surface area contributed by atoms with E-state index in [2.05, 4.69) is 30.3 Å². The molecule has 2 aromatic heterocycles. The average Bonchev–Trinajstić information content (AvgIpc) is 3.18. The Hall–Kier alpha value is -3.78. The lowest BCUT2D eigenvalue weighted by Gasteiger charge is -2.15. The summed E-state index contributed by atoms with van der Waals surface area (Å²) in [5, 5.41) is 7.67. The molecule has 0 aliphatic heterocycles. The van der Waals surface area contributed by atoms with Gasteiger partial charge in [-0.25, -0.2) is 4.68 Å². The minimum absolute atomic E-state index is 0.196. The van der Waals surface area contributed by atoms with Crippen molar-refractivity contribution in [3.8, 4) is 5.69 Å². The van der Waals surface area contributed by atoms with E-state index >= 15 is 0 Å². The van der Waals surface area contributed by atoms with Gasteiger partial charge >= 0.3 is 0 Å². The molecule has 152 valence electrons. The summed E-state index contributed by atoms with van der Waals surface area (Å²) in [6.07, 6.45) is 3.90. The largest absolute Gasteiger partial charge is 0.368 e. The van der Waals surface area contributed by atoms with Gasteiger partial charge in [0.25, 0.3) is 0 Å². The van der Waals surface area contributed by atoms with Gasteiger partial charge in [-0.1, -0.05) is 36.4 Å². The van der Waals surface area contributed by atoms with Crippen LogP contribution in [0.1, 0.15) is 17.0 Å². The SMILES string of the molecule is Cc1ccccc1Nc1nc(N)nc(CN(C)Cc2cnn(-c3ccccc3)c2)n1. The summed E-state index contributed by atoms with van der Waals surface area (Å²) in [7, 11) is 2.01. The van der Waals surface area contributed by atoms with Gasteiger partial charge < -0.3 is 11.1 Å². The third-order valence-corrected chi connectivity index (χ3v) is 4.61. The highest BCUT2D eigenvalue weighted by atomic mass is 15.3. The highest BCUT2D eigenvalue weighted by molar-refractivity contribution is 5.58. The van der Waals surface area contributed by atoms with E-state index in [0.717, 1.165) is 22.5 Å². The Morgan fingerprint density at radius 3 is 2.53 bits per heavy atom. The van der Waals surface area contributed by atoms with Crippen LogP contribution in [0.5, 0.6) is 0 Å². The molecule has 0 aliphatic rings. The topological polar surface area (TPSA) is 97.8 Å². The van der Waals surface area contributed by atoms with Crippen molar-refractivity contribution in [2.24, 2.45) is 0 Å². The summed E-state index contributed by atoms with van der Waals surface area (Å²) in [6.45, 7) is 3.27. The standard InChI is InChI=1S/C22H24N8/c1-16-8-6-7-11-19(16)25-22-27-20(26-21(23)28-22)15-29(2)13-17-12-24-30(14-17)18-9-4-3-5-10-18/h3-12,14H,13,15H2,1-2H3,(H3,23,25,26,27,28). The van der Waals surface area contributed by atoms with E-state index < -0.39 is 0 Å². The molecule has 3 N–H and O–H groups in total. The van der Waals surface area contributed by atoms with Crippen molar-refractivity contribution in [1.29, 1.82) is 0 Å². The zero-order valence-corrected chi connectivity index (χ0v) is 17.0. The number of nitrogens with zero attached hydrogens (tertiary/aromatic N) is 6. The second kappa shape index (κ2) is 8.71. The Morgan fingerprint density at radius 2 is 1.73 bits per heavy atom. The molecule has 2 heterocycles. The summed E-state index contributed by atoms with van der Waals surface area (Å²) in [5.74, 6) is 1.25. The molecule has 8 heteroatoms. The summed E-state index contributed by atoms with van der Waals surface area (Å²) in [5.41, 5.74) is 10.1. The molecule has 0 fully saturated rings. The number of anilines is 3. The fraction of sp³-hybridized carbons (Fsp3) is 0.182. The minimum Gasteiger partial charge on any atom is -0.368 e. The van der Waals surface area contributed by atoms with Gasteiger partial charge in [-0.3, -0.25) is 4.90 Å². The van der Waals surface area contributed by atoms with Crippen LogP contribution in [-0.2, 0) is 13.1 Å². The van der Waals surface area contributed by atoms with Gasteiger partial charge in [0, 0.05) is 24.0 Å². The molecule has 4 aromatic rings. The molecule has 0 bridgehead atoms. The average molecular weight is 400 g/mol. The van der Waals surface area contributed by atoms with Crippen LogP contribution in [0.15, 0.2) is 67.0 Å². The van der Waals surface area contributed by atoms with Crippen molar-refractivity contribution in [3.05, 3.63) is 83.9 Å². The number of benzene rings is 2. The Kier molecular flexibility index (Phi) is 5.67. The first-order valence-electron chi connectivity index (χ1n) is 9.67. The minimum atomic E-state index is 0.196. The predicted molar refractivity (Wildman–Crippen MR) is 117 cm³/mol. The van der Waals surface area contributed by atoms with Crippen LogP contribution in [0.2, 0.25) is 0 Å². The molecular formula is C22H24N8. The molecule has 0 radical (unpaired) electrons. The number of rotatable bonds is 7. The zero-order valence-electron chi connectivity index (χ0n) is 17.0. The van der Waals surface area contributed by atoms with Gasteiger partial charge in [0.1, 0.15) is 5.82 Å². The van der Waals surface area contributed by atoms with Gasteiger partial charge in [0.2, 0.25) is 11.9 Å². The molecule has 30 heavy (non-hydrogen) atoms. The molecule has 0 spiro atoms. The number of nitrogens with two attached hydrogens (primary N) is 1. The number of para-hydroxylation sites is 2. The molecule has 0 aliphatic carbocycles. The van der Waals surface area contributed by atoms with Crippen LogP contribution in [0.4, 0.5) is 17.6 Å². The van der Waals surface area contributed by atoms with Crippen molar-refractivity contribution >= 4 is 17.6 Å². The lowest BCUT2D eigenvalue weighted by atomic mass is 10.2. The van der Waals surface area contributed by atoms with Crippen molar-refractivity contribution in [2.45, 2.75) is 20.0 Å². The maximum absolute atomic E-state index is 5.91. The van der Waals surface area contributed by atoms with E-state index in [1.54, 1.807) is 0 Å². The van der Waals surface area contributed by atoms with Crippen molar-refractivity contribution in [3.63, 3.8) is 0 Å². The fourth-order valence-corrected chi connectivity index (χ4v) is 3.17. The molecule has 0 saturated carbocycles. The molecule has 8 nitrogen and oxygen atoms in total. The van der Waals surface area contributed by atoms with Crippen LogP contribution in [0, 0.1) is 6.92 Å². The number of aromatic nitrogens is 5. The third kappa shape index (κ3) is 4.79. The predicted octanol–water partition coefficient (Wildman–Crippen LogP) is 3.32. The van der Waals surface area contributed by atoms with Crippen molar-refractivity contribution < 1.29 is 0 Å². The highest BCUT2D eigenvalue weighted by Gasteiger charge is 2.10. The number of nitrogens with one attached hydrogen (secondary N) is 1. The van der Waals surface area contributed by atoms with Crippen molar-refractivity contribution in [2.75, 3.05) is 18.1 Å². The first kappa shape index (κ1) is 19.5. The van der Waals surface area contributed by atoms with Crippen LogP contribution in [0.25, 0.3) is 5.69 Å². The lowest BCUT2D eigenvalue weighted by Crippen LogP contribution is -2.20. The number of hydrogen-bond donors (Lipinski definition) is 2. The highest BCUT2D eigenvalue weighted by Crippen LogP contribution is 2.18. The molecule has 0 amide bonds. The molecule has 0 atom stereocenters. The second-order valence-corrected chi connectivity index (χ2v) is 7.17. The quantitative estimate of drug-likeness (QED) is 0.491. The molecular weight excluding hydrogens is 376 g/mol. The van der Waals surface area contributed by atoms with Gasteiger partial charge in [-0.05, 0) is 37.7 Å². The second-order valence-electron chi connectivity index (χ2n) is 7.17. The van der Waals surface area contributed by atoms with E-state index in [1.807, 2.05) is 85.6 Å². The lowest BCUT2D eigenvalue weighted by molar-refractivity contribution is 0.310. The van der Waals surface area contributed by atoms with Crippen LogP contribution in [0.3, 0.4) is 0 Å². The third-order valence-electron chi connectivity index (χ3n) is 4.61. The first-order chi connectivity index (χ1) is 14.6. The van der Waals surface area contributed by atoms with Crippen LogP contribution >= 0.6 is 0 Å². The molecule has 0 unspecified atom stereocenters. The summed E-state index contributed by atoms with van der Waals surface area (Å²) in [4.78, 5) is 15.1. The fourth-order valence-electron chi connectivity index (χ4n) is 3.17. The molecule has 2 aromatic carbocycles. The van der Waals surface area contributed by atoms with Crippen molar-refractivity contribution in [1.82, 2.24) is 29.6 Å². The Bertz CT molecular complexity index is 1120. The van der Waals surface area contributed by atoms with Crippen LogP contribution in [-0.4, -0.2) is 36.7 Å². The Balaban J connectivity index is 1.43. The number of hydrogen-bond acceptors (Lipinski definition) is 7. The Labute approximate surface area is 175 Å². The van der Waals surface area contributed by atoms with E-state index in [9.17, 15) is 0 Å². The van der Waals surface area contributed by atoms with E-state index in [4.69, 9.17) is 5.73 Å². The van der Waals surface area contributed by atoms with Gasteiger partial charge in [0.05, 0.1) is 18.4 Å². The molecule has 4 rings (SSSR count). The zero-order chi connectivity index (χ0) is 20.9. The van der Waals surface area contributed by atoms with Gasteiger partial charge in [0.15, 0.2) is 0 Å². The summed E-state index contributed by atoms with van der Waals surface area (Å²) in [6, 6.07) is 18.0. The monoisotopic (exact) mass is 400 g/mol. The van der Waals surface area contributed by atoms with E-state index in [-0.39, 0.29) is 5.95 Å². The summed E-state index contributed by atoms with van der Waals surface area (Å²) >= 11 is 0. The smallest absolute Gasteiger partial charge is 0.232 e. The Morgan fingerprint density at radius 1 is 0.967 bits per heavy atom. The van der Waals surface area contributed by atoms with E-state index in [0.29, 0.717) is 24.9 Å². The first-order valence-corrected chi connectivity index (χ1v) is 9.67. The maximum atomic E-state index is 5.91. The number of nitrogen functional groups attached to an aromatic ring is 1.